The second-order valence-electron chi connectivity index (χ2n) is 4.02. The van der Waals surface area contributed by atoms with Crippen LogP contribution in [0.2, 0.25) is 0 Å². The highest BCUT2D eigenvalue weighted by Gasteiger charge is 2.14. The van der Waals surface area contributed by atoms with Crippen molar-refractivity contribution in [1.82, 2.24) is 10.3 Å². The summed E-state index contributed by atoms with van der Waals surface area (Å²) >= 11 is 1.43. The summed E-state index contributed by atoms with van der Waals surface area (Å²) in [6, 6.07) is 11.8. The minimum absolute atomic E-state index is 0.0714. The number of rotatable bonds is 4. The van der Waals surface area contributed by atoms with E-state index in [2.05, 4.69) is 16.2 Å². The van der Waals surface area contributed by atoms with Crippen molar-refractivity contribution in [2.75, 3.05) is 6.54 Å². The van der Waals surface area contributed by atoms with E-state index in [-0.39, 0.29) is 17.7 Å². The maximum Gasteiger partial charge on any atom is 0.234 e. The third-order valence-electron chi connectivity index (χ3n) is 2.60. The zero-order valence-electron chi connectivity index (χ0n) is 10.6. The van der Waals surface area contributed by atoms with Crippen molar-refractivity contribution in [2.45, 2.75) is 17.2 Å². The Morgan fingerprint density at radius 1 is 1.42 bits per heavy atom. The van der Waals surface area contributed by atoms with E-state index in [4.69, 9.17) is 6.42 Å². The number of aromatic nitrogens is 1. The van der Waals surface area contributed by atoms with Gasteiger partial charge in [-0.2, -0.15) is 0 Å². The summed E-state index contributed by atoms with van der Waals surface area (Å²) in [7, 11) is 0. The molecular formula is C15H14N2OS. The van der Waals surface area contributed by atoms with Gasteiger partial charge < -0.3 is 5.32 Å². The highest BCUT2D eigenvalue weighted by Crippen LogP contribution is 2.23. The molecule has 19 heavy (non-hydrogen) atoms. The number of amides is 1. The number of hydrogen-bond donors (Lipinski definition) is 1. The summed E-state index contributed by atoms with van der Waals surface area (Å²) in [6.07, 6.45) is 5.11. The molecule has 0 saturated heterocycles. The van der Waals surface area contributed by atoms with Crippen molar-refractivity contribution in [3.8, 4) is 12.3 Å². The molecule has 0 saturated carbocycles. The van der Waals surface area contributed by atoms with Crippen LogP contribution in [-0.4, -0.2) is 22.7 Å². The summed E-state index contributed by atoms with van der Waals surface area (Å²) in [6.45, 7) is 2.10. The monoisotopic (exact) mass is 270 g/mol. The van der Waals surface area contributed by atoms with E-state index >= 15 is 0 Å². The molecule has 3 nitrogen and oxygen atoms in total. The molecule has 4 heteroatoms. The third-order valence-corrected chi connectivity index (χ3v) is 3.64. The van der Waals surface area contributed by atoms with Gasteiger partial charge in [0.25, 0.3) is 0 Å². The zero-order chi connectivity index (χ0) is 13.7. The Kier molecular flexibility index (Phi) is 4.43. The molecule has 1 unspecified atom stereocenters. The van der Waals surface area contributed by atoms with Gasteiger partial charge >= 0.3 is 0 Å². The number of para-hydroxylation sites is 1. The first-order chi connectivity index (χ1) is 9.20. The van der Waals surface area contributed by atoms with Crippen molar-refractivity contribution >= 4 is 28.6 Å². The van der Waals surface area contributed by atoms with Crippen LogP contribution in [0.3, 0.4) is 0 Å². The molecule has 0 spiro atoms. The number of nitrogens with one attached hydrogen (secondary N) is 1. The van der Waals surface area contributed by atoms with Crippen LogP contribution >= 0.6 is 11.8 Å². The Labute approximate surface area is 116 Å². The minimum Gasteiger partial charge on any atom is -0.344 e. The smallest absolute Gasteiger partial charge is 0.234 e. The lowest BCUT2D eigenvalue weighted by Gasteiger charge is -2.10. The number of carbonyl (C=O) groups is 1. The third kappa shape index (κ3) is 3.49. The summed E-state index contributed by atoms with van der Waals surface area (Å²) < 4.78 is 0. The predicted molar refractivity (Wildman–Crippen MR) is 78.9 cm³/mol. The van der Waals surface area contributed by atoms with Crippen LogP contribution in [0, 0.1) is 12.3 Å². The maximum atomic E-state index is 11.7. The molecule has 2 rings (SSSR count). The molecule has 1 aromatic carbocycles. The quantitative estimate of drug-likeness (QED) is 0.685. The van der Waals surface area contributed by atoms with Crippen LogP contribution in [-0.2, 0) is 4.79 Å². The summed E-state index contributed by atoms with van der Waals surface area (Å²) in [5.41, 5.74) is 0.934. The summed E-state index contributed by atoms with van der Waals surface area (Å²) in [5.74, 6) is 2.31. The van der Waals surface area contributed by atoms with E-state index in [0.717, 1.165) is 15.9 Å². The number of carbonyl (C=O) groups excluding carboxylic acids is 1. The number of fused-ring (bicyclic) bond motifs is 1. The highest BCUT2D eigenvalue weighted by molar-refractivity contribution is 8.00. The van der Waals surface area contributed by atoms with E-state index in [1.165, 1.54) is 11.8 Å². The van der Waals surface area contributed by atoms with E-state index < -0.39 is 0 Å². The van der Waals surface area contributed by atoms with Crippen LogP contribution in [0.5, 0.6) is 0 Å². The Morgan fingerprint density at radius 2 is 2.21 bits per heavy atom. The first-order valence-corrected chi connectivity index (χ1v) is 6.82. The molecule has 1 atom stereocenters. The van der Waals surface area contributed by atoms with Gasteiger partial charge in [0.2, 0.25) is 5.91 Å². The van der Waals surface area contributed by atoms with Crippen LogP contribution in [0.15, 0.2) is 41.4 Å². The number of thioether (sulfide) groups is 1. The van der Waals surface area contributed by atoms with Crippen molar-refractivity contribution in [2.24, 2.45) is 0 Å². The second-order valence-corrected chi connectivity index (χ2v) is 5.39. The number of terminal acetylenes is 1. The molecule has 0 aliphatic heterocycles. The van der Waals surface area contributed by atoms with Gasteiger partial charge in [-0.25, -0.2) is 4.98 Å². The normalized spacial score (nSPS) is 11.8. The van der Waals surface area contributed by atoms with Crippen molar-refractivity contribution < 1.29 is 4.79 Å². The van der Waals surface area contributed by atoms with Gasteiger partial charge in [0.05, 0.1) is 22.3 Å². The number of hydrogen-bond acceptors (Lipinski definition) is 3. The molecule has 2 aromatic rings. The predicted octanol–water partition coefficient (Wildman–Crippen LogP) is 2.46. The van der Waals surface area contributed by atoms with Gasteiger partial charge in [0.15, 0.2) is 0 Å². The highest BCUT2D eigenvalue weighted by atomic mass is 32.2. The lowest BCUT2D eigenvalue weighted by Crippen LogP contribution is -2.31. The first-order valence-electron chi connectivity index (χ1n) is 5.94. The van der Waals surface area contributed by atoms with Crippen molar-refractivity contribution in [3.63, 3.8) is 0 Å². The fourth-order valence-electron chi connectivity index (χ4n) is 1.63. The molecule has 0 radical (unpaired) electrons. The van der Waals surface area contributed by atoms with E-state index in [1.807, 2.05) is 43.3 Å². The van der Waals surface area contributed by atoms with E-state index in [0.29, 0.717) is 0 Å². The molecule has 0 aliphatic carbocycles. The molecule has 0 bridgehead atoms. The number of pyridine rings is 1. The van der Waals surface area contributed by atoms with Gasteiger partial charge in [-0.15, -0.1) is 6.42 Å². The fraction of sp³-hybridized carbons (Fsp3) is 0.200. The Bertz CT molecular complexity index is 633. The van der Waals surface area contributed by atoms with Crippen molar-refractivity contribution in [3.05, 3.63) is 36.4 Å². The zero-order valence-corrected chi connectivity index (χ0v) is 11.4. The van der Waals surface area contributed by atoms with Crippen LogP contribution in [0.1, 0.15) is 6.92 Å². The SMILES string of the molecule is C#CCNC(=O)C(C)Sc1ccc2ccccc2n1. The van der Waals surface area contributed by atoms with Gasteiger partial charge in [0, 0.05) is 5.39 Å². The van der Waals surface area contributed by atoms with Crippen molar-refractivity contribution in [1.29, 1.82) is 0 Å². The van der Waals surface area contributed by atoms with Crippen LogP contribution in [0.25, 0.3) is 10.9 Å². The molecule has 0 fully saturated rings. The van der Waals surface area contributed by atoms with Crippen LogP contribution < -0.4 is 5.32 Å². The Morgan fingerprint density at radius 3 is 3.00 bits per heavy atom. The number of nitrogens with zero attached hydrogens (tertiary/aromatic N) is 1. The second kappa shape index (κ2) is 6.26. The average molecular weight is 270 g/mol. The molecule has 1 aromatic heterocycles. The molecule has 1 heterocycles. The molecule has 1 N–H and O–H groups in total. The van der Waals surface area contributed by atoms with E-state index in [9.17, 15) is 4.79 Å². The van der Waals surface area contributed by atoms with Gasteiger partial charge in [0.1, 0.15) is 0 Å². The Balaban J connectivity index is 2.08. The summed E-state index contributed by atoms with van der Waals surface area (Å²) in [4.78, 5) is 16.2. The fourth-order valence-corrected chi connectivity index (χ4v) is 2.48. The van der Waals surface area contributed by atoms with Gasteiger partial charge in [-0.1, -0.05) is 41.9 Å². The van der Waals surface area contributed by atoms with Gasteiger partial charge in [-0.05, 0) is 19.1 Å². The molecule has 96 valence electrons. The molecular weight excluding hydrogens is 256 g/mol. The largest absolute Gasteiger partial charge is 0.344 e. The lowest BCUT2D eigenvalue weighted by molar-refractivity contribution is -0.120. The van der Waals surface area contributed by atoms with Gasteiger partial charge in [-0.3, -0.25) is 4.79 Å². The topological polar surface area (TPSA) is 42.0 Å². The van der Waals surface area contributed by atoms with E-state index in [1.54, 1.807) is 0 Å². The minimum atomic E-state index is -0.220. The average Bonchev–Trinajstić information content (AvgIpc) is 2.44. The molecule has 0 aliphatic rings. The lowest BCUT2D eigenvalue weighted by atomic mass is 10.2. The standard InChI is InChI=1S/C15H14N2OS/c1-3-10-16-15(18)11(2)19-14-9-8-12-6-4-5-7-13(12)17-14/h1,4-9,11H,10H2,2H3,(H,16,18). The Hall–Kier alpha value is -1.99. The number of benzene rings is 1. The first kappa shape index (κ1) is 13.4. The maximum absolute atomic E-state index is 11.7. The van der Waals surface area contributed by atoms with Crippen LogP contribution in [0.4, 0.5) is 0 Å². The molecule has 1 amide bonds. The summed E-state index contributed by atoms with van der Waals surface area (Å²) in [5, 5.41) is 4.37.